The van der Waals surface area contributed by atoms with Gasteiger partial charge in [0.15, 0.2) is 6.10 Å². The minimum Gasteiger partial charge on any atom is -0.462 e. The normalized spacial score (nSPS) is 12.2. The molecule has 0 saturated carbocycles. The summed E-state index contributed by atoms with van der Waals surface area (Å²) >= 11 is 0. The molecule has 0 unspecified atom stereocenters. The molecule has 0 heterocycles. The standard InChI is InChI=1S/C63H116O6/c1-4-7-10-13-16-19-22-25-27-29-31-33-35-38-40-43-46-49-52-55-61(64)67-58-60(69-63(66)57-54-51-48-45-42-37-24-21-18-15-12-9-6-3)59-68-62(65)56-53-50-47-44-41-39-36-34-32-30-28-26-23-20-17-14-11-8-5-2/h16,19,25-28,60H,4-15,17-18,20-24,29-59H2,1-3H3/b19-16-,27-25-,28-26-/t60-/m1/s1. The van der Waals surface area contributed by atoms with Crippen LogP contribution in [0, 0.1) is 0 Å². The highest BCUT2D eigenvalue weighted by molar-refractivity contribution is 5.71. The molecule has 0 amide bonds. The Kier molecular flexibility index (Phi) is 56.2. The number of carbonyl (C=O) groups is 3. The van der Waals surface area contributed by atoms with Crippen molar-refractivity contribution in [1.29, 1.82) is 0 Å². The lowest BCUT2D eigenvalue weighted by Gasteiger charge is -2.18. The average Bonchev–Trinajstić information content (AvgIpc) is 3.35. The van der Waals surface area contributed by atoms with Crippen molar-refractivity contribution in [2.75, 3.05) is 13.2 Å². The van der Waals surface area contributed by atoms with Crippen LogP contribution in [0.1, 0.15) is 329 Å². The summed E-state index contributed by atoms with van der Waals surface area (Å²) in [6.07, 6.45) is 69.9. The second-order valence-corrected chi connectivity index (χ2v) is 20.6. The van der Waals surface area contributed by atoms with Crippen molar-refractivity contribution in [3.63, 3.8) is 0 Å². The second kappa shape index (κ2) is 58.2. The van der Waals surface area contributed by atoms with Crippen LogP contribution in [0.2, 0.25) is 0 Å². The molecule has 0 aromatic carbocycles. The summed E-state index contributed by atoms with van der Waals surface area (Å²) in [6, 6.07) is 0. The van der Waals surface area contributed by atoms with E-state index in [1.54, 1.807) is 0 Å². The molecule has 0 aliphatic heterocycles. The topological polar surface area (TPSA) is 78.9 Å². The van der Waals surface area contributed by atoms with Crippen LogP contribution in [0.25, 0.3) is 0 Å². The maximum Gasteiger partial charge on any atom is 0.306 e. The molecule has 0 aliphatic carbocycles. The monoisotopic (exact) mass is 969 g/mol. The first-order chi connectivity index (χ1) is 34.0. The molecule has 0 aliphatic rings. The number of unbranched alkanes of at least 4 members (excludes halogenated alkanes) is 39. The van der Waals surface area contributed by atoms with Gasteiger partial charge in [0.05, 0.1) is 0 Å². The first kappa shape index (κ1) is 66.6. The Morgan fingerprint density at radius 1 is 0.290 bits per heavy atom. The third kappa shape index (κ3) is 56.4. The zero-order valence-electron chi connectivity index (χ0n) is 46.3. The first-order valence-corrected chi connectivity index (χ1v) is 30.5. The Morgan fingerprint density at radius 2 is 0.522 bits per heavy atom. The van der Waals surface area contributed by atoms with Crippen LogP contribution in [0.5, 0.6) is 0 Å². The van der Waals surface area contributed by atoms with E-state index >= 15 is 0 Å². The van der Waals surface area contributed by atoms with E-state index < -0.39 is 6.10 Å². The SMILES string of the molecule is CCCCC/C=C\C/C=C\CCCCCCCCCCCC(=O)OC[C@H](COC(=O)CCCCCCCCCCC/C=C\CCCCCCCC)OC(=O)CCCCCCCCCCCCCCC. The van der Waals surface area contributed by atoms with Gasteiger partial charge in [-0.25, -0.2) is 0 Å². The van der Waals surface area contributed by atoms with E-state index in [2.05, 4.69) is 57.2 Å². The maximum absolute atomic E-state index is 12.9. The second-order valence-electron chi connectivity index (χ2n) is 20.6. The van der Waals surface area contributed by atoms with Crippen LogP contribution in [0.3, 0.4) is 0 Å². The number of hydrogen-bond acceptors (Lipinski definition) is 6. The zero-order chi connectivity index (χ0) is 50.0. The summed E-state index contributed by atoms with van der Waals surface area (Å²) in [5.74, 6) is -0.856. The molecule has 0 spiro atoms. The predicted molar refractivity (Wildman–Crippen MR) is 298 cm³/mol. The van der Waals surface area contributed by atoms with Gasteiger partial charge in [0, 0.05) is 19.3 Å². The van der Waals surface area contributed by atoms with Crippen LogP contribution < -0.4 is 0 Å². The molecule has 0 aromatic heterocycles. The summed E-state index contributed by atoms with van der Waals surface area (Å²) in [6.45, 7) is 6.65. The van der Waals surface area contributed by atoms with Gasteiger partial charge in [0.25, 0.3) is 0 Å². The van der Waals surface area contributed by atoms with Gasteiger partial charge in [-0.05, 0) is 77.0 Å². The summed E-state index contributed by atoms with van der Waals surface area (Å²) < 4.78 is 16.9. The zero-order valence-corrected chi connectivity index (χ0v) is 46.3. The predicted octanol–water partition coefficient (Wildman–Crippen LogP) is 20.4. The number of allylic oxidation sites excluding steroid dienone is 6. The maximum atomic E-state index is 12.9. The molecule has 0 fully saturated rings. The summed E-state index contributed by atoms with van der Waals surface area (Å²) in [4.78, 5) is 38.2. The molecule has 0 bridgehead atoms. The quantitative estimate of drug-likeness (QED) is 0.0261. The largest absolute Gasteiger partial charge is 0.462 e. The van der Waals surface area contributed by atoms with Crippen molar-refractivity contribution in [2.24, 2.45) is 0 Å². The lowest BCUT2D eigenvalue weighted by Crippen LogP contribution is -2.30. The van der Waals surface area contributed by atoms with Crippen molar-refractivity contribution in [2.45, 2.75) is 335 Å². The average molecular weight is 970 g/mol. The van der Waals surface area contributed by atoms with Crippen LogP contribution >= 0.6 is 0 Å². The van der Waals surface area contributed by atoms with E-state index in [4.69, 9.17) is 14.2 Å². The molecule has 6 heteroatoms. The smallest absolute Gasteiger partial charge is 0.306 e. The molecular formula is C63H116O6. The minimum atomic E-state index is -0.771. The fraction of sp³-hybridized carbons (Fsp3) is 0.857. The number of esters is 3. The molecule has 0 radical (unpaired) electrons. The van der Waals surface area contributed by atoms with Gasteiger partial charge in [-0.3, -0.25) is 14.4 Å². The van der Waals surface area contributed by atoms with E-state index in [1.165, 1.54) is 225 Å². The molecule has 404 valence electrons. The molecule has 1 atom stereocenters. The molecule has 0 N–H and O–H groups in total. The number of rotatable bonds is 56. The van der Waals surface area contributed by atoms with Gasteiger partial charge in [-0.2, -0.15) is 0 Å². The lowest BCUT2D eigenvalue weighted by molar-refractivity contribution is -0.167. The van der Waals surface area contributed by atoms with Gasteiger partial charge in [0.2, 0.25) is 0 Å². The first-order valence-electron chi connectivity index (χ1n) is 30.5. The van der Waals surface area contributed by atoms with Gasteiger partial charge in [-0.1, -0.05) is 269 Å². The van der Waals surface area contributed by atoms with Crippen molar-refractivity contribution in [3.8, 4) is 0 Å². The van der Waals surface area contributed by atoms with Crippen LogP contribution in [-0.2, 0) is 28.6 Å². The van der Waals surface area contributed by atoms with Crippen LogP contribution in [0.4, 0.5) is 0 Å². The Hall–Kier alpha value is -2.37. The molecule has 0 saturated heterocycles. The number of carbonyl (C=O) groups excluding carboxylic acids is 3. The molecule has 0 aromatic rings. The van der Waals surface area contributed by atoms with E-state index in [0.717, 1.165) is 64.2 Å². The minimum absolute atomic E-state index is 0.0705. The highest BCUT2D eigenvalue weighted by Gasteiger charge is 2.19. The molecular weight excluding hydrogens is 853 g/mol. The fourth-order valence-electron chi connectivity index (χ4n) is 9.00. The molecule has 69 heavy (non-hydrogen) atoms. The van der Waals surface area contributed by atoms with Crippen molar-refractivity contribution in [3.05, 3.63) is 36.5 Å². The highest BCUT2D eigenvalue weighted by Crippen LogP contribution is 2.17. The van der Waals surface area contributed by atoms with Crippen molar-refractivity contribution >= 4 is 17.9 Å². The summed E-state index contributed by atoms with van der Waals surface area (Å²) in [7, 11) is 0. The van der Waals surface area contributed by atoms with Gasteiger partial charge < -0.3 is 14.2 Å². The Labute approximate surface area is 429 Å². The summed E-state index contributed by atoms with van der Waals surface area (Å²) in [5.41, 5.74) is 0. The third-order valence-corrected chi connectivity index (χ3v) is 13.6. The van der Waals surface area contributed by atoms with E-state index in [0.29, 0.717) is 19.3 Å². The van der Waals surface area contributed by atoms with Gasteiger partial charge in [-0.15, -0.1) is 0 Å². The van der Waals surface area contributed by atoms with Crippen LogP contribution in [0.15, 0.2) is 36.5 Å². The van der Waals surface area contributed by atoms with Crippen molar-refractivity contribution < 1.29 is 28.6 Å². The fourth-order valence-corrected chi connectivity index (χ4v) is 9.00. The molecule has 0 rings (SSSR count). The molecule has 6 nitrogen and oxygen atoms in total. The number of hydrogen-bond donors (Lipinski definition) is 0. The van der Waals surface area contributed by atoms with E-state index in [-0.39, 0.29) is 31.1 Å². The lowest BCUT2D eigenvalue weighted by atomic mass is 10.0. The van der Waals surface area contributed by atoms with E-state index in [9.17, 15) is 14.4 Å². The van der Waals surface area contributed by atoms with Gasteiger partial charge in [0.1, 0.15) is 13.2 Å². The Morgan fingerprint density at radius 3 is 0.841 bits per heavy atom. The Balaban J connectivity index is 4.30. The number of ether oxygens (including phenoxy) is 3. The third-order valence-electron chi connectivity index (χ3n) is 13.6. The highest BCUT2D eigenvalue weighted by atomic mass is 16.6. The Bertz CT molecular complexity index is 1160. The van der Waals surface area contributed by atoms with Crippen molar-refractivity contribution in [1.82, 2.24) is 0 Å². The van der Waals surface area contributed by atoms with Crippen LogP contribution in [-0.4, -0.2) is 37.2 Å². The van der Waals surface area contributed by atoms with E-state index in [1.807, 2.05) is 0 Å². The summed E-state index contributed by atoms with van der Waals surface area (Å²) in [5, 5.41) is 0. The van der Waals surface area contributed by atoms with Gasteiger partial charge >= 0.3 is 17.9 Å².